The molecule has 0 bridgehead atoms. The highest BCUT2D eigenvalue weighted by Crippen LogP contribution is 2.21. The number of aryl methyl sites for hydroxylation is 1. The lowest BCUT2D eigenvalue weighted by Gasteiger charge is -2.15. The Morgan fingerprint density at radius 3 is 2.60 bits per heavy atom. The fourth-order valence-corrected chi connectivity index (χ4v) is 1.39. The van der Waals surface area contributed by atoms with Gasteiger partial charge < -0.3 is 10.2 Å². The van der Waals surface area contributed by atoms with Gasteiger partial charge in [0.1, 0.15) is 0 Å². The fourth-order valence-electron chi connectivity index (χ4n) is 1.25. The van der Waals surface area contributed by atoms with Gasteiger partial charge in [0, 0.05) is 25.5 Å². The molecule has 0 heterocycles. The standard InChI is InChI=1S/C11H15BrN2O/c1-8-6-9(14(2)3)4-5-10(8)13-11(15)7-12/h4-6H,7H2,1-3H3,(H,13,15). The third-order valence-electron chi connectivity index (χ3n) is 2.12. The van der Waals surface area contributed by atoms with Gasteiger partial charge in [0.2, 0.25) is 5.91 Å². The molecule has 4 heteroatoms. The number of carbonyl (C=O) groups excluding carboxylic acids is 1. The highest BCUT2D eigenvalue weighted by Gasteiger charge is 2.04. The van der Waals surface area contributed by atoms with E-state index in [0.717, 1.165) is 16.9 Å². The molecule has 3 nitrogen and oxygen atoms in total. The highest BCUT2D eigenvalue weighted by molar-refractivity contribution is 9.09. The first-order valence-electron chi connectivity index (χ1n) is 4.68. The first kappa shape index (κ1) is 12.0. The van der Waals surface area contributed by atoms with E-state index in [1.807, 2.05) is 44.1 Å². The predicted molar refractivity (Wildman–Crippen MR) is 67.9 cm³/mol. The molecule has 1 amide bonds. The maximum absolute atomic E-state index is 11.2. The average molecular weight is 271 g/mol. The van der Waals surface area contributed by atoms with E-state index in [2.05, 4.69) is 21.2 Å². The minimum Gasteiger partial charge on any atom is -0.378 e. The zero-order valence-electron chi connectivity index (χ0n) is 9.17. The van der Waals surface area contributed by atoms with Gasteiger partial charge in [-0.25, -0.2) is 0 Å². The van der Waals surface area contributed by atoms with Gasteiger partial charge in [0.25, 0.3) is 0 Å². The molecule has 1 N–H and O–H groups in total. The number of nitrogens with one attached hydrogen (secondary N) is 1. The summed E-state index contributed by atoms with van der Waals surface area (Å²) in [6, 6.07) is 5.95. The van der Waals surface area contributed by atoms with E-state index in [0.29, 0.717) is 5.33 Å². The van der Waals surface area contributed by atoms with Crippen molar-refractivity contribution in [3.8, 4) is 0 Å². The summed E-state index contributed by atoms with van der Waals surface area (Å²) in [6.45, 7) is 1.98. The maximum atomic E-state index is 11.2. The number of halogens is 1. The molecule has 0 aromatic heterocycles. The smallest absolute Gasteiger partial charge is 0.235 e. The number of anilines is 2. The highest BCUT2D eigenvalue weighted by atomic mass is 79.9. The molecule has 1 aromatic carbocycles. The lowest BCUT2D eigenvalue weighted by Crippen LogP contribution is -2.14. The lowest BCUT2D eigenvalue weighted by atomic mass is 10.1. The van der Waals surface area contributed by atoms with Gasteiger partial charge in [-0.2, -0.15) is 0 Å². The minimum atomic E-state index is -0.0318. The molecule has 1 aromatic rings. The van der Waals surface area contributed by atoms with Crippen molar-refractivity contribution >= 4 is 33.2 Å². The molecule has 0 spiro atoms. The van der Waals surface area contributed by atoms with E-state index in [1.54, 1.807) is 0 Å². The second-order valence-corrected chi connectivity index (χ2v) is 4.14. The Balaban J connectivity index is 2.88. The number of hydrogen-bond donors (Lipinski definition) is 1. The van der Waals surface area contributed by atoms with Crippen molar-refractivity contribution in [1.82, 2.24) is 0 Å². The van der Waals surface area contributed by atoms with Gasteiger partial charge in [0.05, 0.1) is 5.33 Å². The number of carbonyl (C=O) groups is 1. The van der Waals surface area contributed by atoms with Crippen LogP contribution < -0.4 is 10.2 Å². The minimum absolute atomic E-state index is 0.0318. The van der Waals surface area contributed by atoms with E-state index in [9.17, 15) is 4.79 Å². The third kappa shape index (κ3) is 3.23. The fraction of sp³-hybridized carbons (Fsp3) is 0.364. The molecule has 0 radical (unpaired) electrons. The summed E-state index contributed by atoms with van der Waals surface area (Å²) in [6.07, 6.45) is 0. The molecule has 0 saturated carbocycles. The van der Waals surface area contributed by atoms with Crippen LogP contribution in [0.1, 0.15) is 5.56 Å². The zero-order chi connectivity index (χ0) is 11.4. The first-order chi connectivity index (χ1) is 7.04. The monoisotopic (exact) mass is 270 g/mol. The summed E-state index contributed by atoms with van der Waals surface area (Å²) in [7, 11) is 3.98. The number of benzene rings is 1. The van der Waals surface area contributed by atoms with Crippen LogP contribution in [0.4, 0.5) is 11.4 Å². The average Bonchev–Trinajstić information content (AvgIpc) is 2.20. The Bertz CT molecular complexity index is 364. The van der Waals surface area contributed by atoms with Gasteiger partial charge in [-0.15, -0.1) is 0 Å². The second kappa shape index (κ2) is 5.16. The van der Waals surface area contributed by atoms with E-state index < -0.39 is 0 Å². The summed E-state index contributed by atoms with van der Waals surface area (Å²) < 4.78 is 0. The normalized spacial score (nSPS) is 9.87. The molecule has 15 heavy (non-hydrogen) atoms. The number of hydrogen-bond acceptors (Lipinski definition) is 2. The lowest BCUT2D eigenvalue weighted by molar-refractivity contribution is -0.113. The Hall–Kier alpha value is -1.03. The molecule has 0 aliphatic rings. The van der Waals surface area contributed by atoms with E-state index in [4.69, 9.17) is 0 Å². The molecule has 0 atom stereocenters. The van der Waals surface area contributed by atoms with Gasteiger partial charge in [-0.3, -0.25) is 4.79 Å². The predicted octanol–water partition coefficient (Wildman–Crippen LogP) is 2.39. The van der Waals surface area contributed by atoms with Crippen LogP contribution in [-0.4, -0.2) is 25.3 Å². The van der Waals surface area contributed by atoms with Crippen LogP contribution >= 0.6 is 15.9 Å². The van der Waals surface area contributed by atoms with Crippen LogP contribution in [-0.2, 0) is 4.79 Å². The SMILES string of the molecule is Cc1cc(N(C)C)ccc1NC(=O)CBr. The van der Waals surface area contributed by atoms with E-state index in [1.165, 1.54) is 0 Å². The van der Waals surface area contributed by atoms with Crippen LogP contribution in [0.3, 0.4) is 0 Å². The number of alkyl halides is 1. The van der Waals surface area contributed by atoms with Gasteiger partial charge in [0.15, 0.2) is 0 Å². The molecule has 0 aliphatic heterocycles. The van der Waals surface area contributed by atoms with Gasteiger partial charge in [-0.05, 0) is 30.7 Å². The summed E-state index contributed by atoms with van der Waals surface area (Å²) >= 11 is 3.11. The molecule has 82 valence electrons. The van der Waals surface area contributed by atoms with Gasteiger partial charge in [-0.1, -0.05) is 15.9 Å². The van der Waals surface area contributed by atoms with Crippen molar-refractivity contribution in [3.63, 3.8) is 0 Å². The summed E-state index contributed by atoms with van der Waals surface area (Å²) in [4.78, 5) is 13.2. The molecule has 0 saturated heterocycles. The van der Waals surface area contributed by atoms with Crippen molar-refractivity contribution in [2.75, 3.05) is 29.6 Å². The number of nitrogens with zero attached hydrogens (tertiary/aromatic N) is 1. The third-order valence-corrected chi connectivity index (χ3v) is 2.63. The van der Waals surface area contributed by atoms with Gasteiger partial charge >= 0.3 is 0 Å². The van der Waals surface area contributed by atoms with Crippen LogP contribution in [0, 0.1) is 6.92 Å². The number of rotatable bonds is 3. The van der Waals surface area contributed by atoms with Crippen molar-refractivity contribution in [3.05, 3.63) is 23.8 Å². The summed E-state index contributed by atoms with van der Waals surface area (Å²) in [5.74, 6) is -0.0318. The van der Waals surface area contributed by atoms with Crippen molar-refractivity contribution in [2.24, 2.45) is 0 Å². The number of amides is 1. The summed E-state index contributed by atoms with van der Waals surface area (Å²) in [5, 5.41) is 3.14. The Morgan fingerprint density at radius 1 is 1.47 bits per heavy atom. The van der Waals surface area contributed by atoms with Crippen molar-refractivity contribution in [2.45, 2.75) is 6.92 Å². The Kier molecular flexibility index (Phi) is 4.15. The quantitative estimate of drug-likeness (QED) is 0.856. The molecular weight excluding hydrogens is 256 g/mol. The largest absolute Gasteiger partial charge is 0.378 e. The van der Waals surface area contributed by atoms with Crippen molar-refractivity contribution in [1.29, 1.82) is 0 Å². The Labute approximate surface area is 98.6 Å². The first-order valence-corrected chi connectivity index (χ1v) is 5.80. The maximum Gasteiger partial charge on any atom is 0.235 e. The molecular formula is C11H15BrN2O. The van der Waals surface area contributed by atoms with Crippen molar-refractivity contribution < 1.29 is 4.79 Å². The molecule has 0 unspecified atom stereocenters. The Morgan fingerprint density at radius 2 is 2.13 bits per heavy atom. The summed E-state index contributed by atoms with van der Waals surface area (Å²) in [5.41, 5.74) is 3.06. The second-order valence-electron chi connectivity index (χ2n) is 3.58. The van der Waals surface area contributed by atoms with Crippen LogP contribution in [0.2, 0.25) is 0 Å². The van der Waals surface area contributed by atoms with Crippen LogP contribution in [0.25, 0.3) is 0 Å². The molecule has 1 rings (SSSR count). The van der Waals surface area contributed by atoms with Crippen LogP contribution in [0.15, 0.2) is 18.2 Å². The topological polar surface area (TPSA) is 32.3 Å². The molecule has 0 aliphatic carbocycles. The molecule has 0 fully saturated rings. The van der Waals surface area contributed by atoms with Crippen LogP contribution in [0.5, 0.6) is 0 Å². The van der Waals surface area contributed by atoms with E-state index >= 15 is 0 Å². The zero-order valence-corrected chi connectivity index (χ0v) is 10.8. The van der Waals surface area contributed by atoms with E-state index in [-0.39, 0.29) is 5.91 Å².